The van der Waals surface area contributed by atoms with Crippen molar-refractivity contribution in [3.8, 4) is 0 Å². The minimum atomic E-state index is -0.340. The number of pyridine rings is 1. The van der Waals surface area contributed by atoms with Gasteiger partial charge in [-0.05, 0) is 39.3 Å². The first-order valence-corrected chi connectivity index (χ1v) is 6.97. The number of amides is 1. The Balaban J connectivity index is 2.42. The number of hydrogen-bond donors (Lipinski definition) is 2. The number of nitrogens with one attached hydrogen (secondary N) is 2. The molecule has 0 radical (unpaired) electrons. The van der Waals surface area contributed by atoms with Gasteiger partial charge in [-0.1, -0.05) is 6.92 Å². The van der Waals surface area contributed by atoms with Crippen LogP contribution in [0.15, 0.2) is 18.3 Å². The Morgan fingerprint density at radius 3 is 2.60 bits per heavy atom. The highest BCUT2D eigenvalue weighted by atomic mass is 19.1. The van der Waals surface area contributed by atoms with E-state index in [9.17, 15) is 9.18 Å². The molecule has 0 aliphatic rings. The summed E-state index contributed by atoms with van der Waals surface area (Å²) in [6, 6.07) is 3.11. The molecule has 112 valence electrons. The molecule has 0 saturated heterocycles. The Hall–Kier alpha value is -1.49. The van der Waals surface area contributed by atoms with Crippen molar-refractivity contribution in [2.24, 2.45) is 0 Å². The predicted molar refractivity (Wildman–Crippen MR) is 77.7 cm³/mol. The van der Waals surface area contributed by atoms with E-state index in [2.05, 4.69) is 15.6 Å². The predicted octanol–water partition coefficient (Wildman–Crippen LogP) is 2.57. The Morgan fingerprint density at radius 1 is 1.40 bits per heavy atom. The molecule has 1 rings (SSSR count). The molecule has 0 bridgehead atoms. The third-order valence-corrected chi connectivity index (χ3v) is 2.77. The van der Waals surface area contributed by atoms with Crippen LogP contribution in [0.1, 0.15) is 52.3 Å². The van der Waals surface area contributed by atoms with Gasteiger partial charge >= 0.3 is 0 Å². The minimum Gasteiger partial charge on any atom is -0.351 e. The van der Waals surface area contributed by atoms with E-state index in [1.54, 1.807) is 6.07 Å². The zero-order valence-corrected chi connectivity index (χ0v) is 12.7. The standard InChI is InChI=1S/C15H24FN3O/c1-5-12(13-7-6-11(16)10-18-13)17-9-8-14(20)19-15(2,3)4/h6-7,10,12,17H,5,8-9H2,1-4H3,(H,19,20). The van der Waals surface area contributed by atoms with Crippen molar-refractivity contribution in [1.29, 1.82) is 0 Å². The third kappa shape index (κ3) is 6.10. The summed E-state index contributed by atoms with van der Waals surface area (Å²) in [6.07, 6.45) is 2.46. The fourth-order valence-corrected chi connectivity index (χ4v) is 1.89. The first kappa shape index (κ1) is 16.6. The van der Waals surface area contributed by atoms with Crippen molar-refractivity contribution in [3.05, 3.63) is 29.8 Å². The van der Waals surface area contributed by atoms with Gasteiger partial charge in [0.05, 0.1) is 11.9 Å². The van der Waals surface area contributed by atoms with Crippen LogP contribution in [0.4, 0.5) is 4.39 Å². The van der Waals surface area contributed by atoms with E-state index in [4.69, 9.17) is 0 Å². The van der Waals surface area contributed by atoms with Crippen LogP contribution in [0.3, 0.4) is 0 Å². The topological polar surface area (TPSA) is 54.0 Å². The summed E-state index contributed by atoms with van der Waals surface area (Å²) in [5.41, 5.74) is 0.588. The molecule has 1 aromatic rings. The van der Waals surface area contributed by atoms with Gasteiger partial charge in [-0.3, -0.25) is 9.78 Å². The molecule has 1 heterocycles. The van der Waals surface area contributed by atoms with E-state index in [1.807, 2.05) is 27.7 Å². The maximum absolute atomic E-state index is 12.8. The average molecular weight is 281 g/mol. The SMILES string of the molecule is CCC(NCCC(=O)NC(C)(C)C)c1ccc(F)cn1. The van der Waals surface area contributed by atoms with E-state index in [0.29, 0.717) is 13.0 Å². The summed E-state index contributed by atoms with van der Waals surface area (Å²) >= 11 is 0. The van der Waals surface area contributed by atoms with Crippen LogP contribution < -0.4 is 10.6 Å². The van der Waals surface area contributed by atoms with Gasteiger partial charge in [0.15, 0.2) is 0 Å². The number of rotatable bonds is 6. The number of hydrogen-bond acceptors (Lipinski definition) is 3. The van der Waals surface area contributed by atoms with Gasteiger partial charge in [-0.25, -0.2) is 4.39 Å². The molecule has 0 aliphatic carbocycles. The molecule has 4 nitrogen and oxygen atoms in total. The van der Waals surface area contributed by atoms with E-state index in [-0.39, 0.29) is 23.3 Å². The smallest absolute Gasteiger partial charge is 0.221 e. The summed E-state index contributed by atoms with van der Waals surface area (Å²) < 4.78 is 12.8. The van der Waals surface area contributed by atoms with Crippen molar-refractivity contribution < 1.29 is 9.18 Å². The van der Waals surface area contributed by atoms with Crippen LogP contribution in [-0.4, -0.2) is 23.0 Å². The monoisotopic (exact) mass is 281 g/mol. The van der Waals surface area contributed by atoms with Gasteiger partial charge in [0.1, 0.15) is 5.82 Å². The highest BCUT2D eigenvalue weighted by Gasteiger charge is 2.14. The molecule has 20 heavy (non-hydrogen) atoms. The lowest BCUT2D eigenvalue weighted by Gasteiger charge is -2.21. The molecule has 0 aromatic carbocycles. The van der Waals surface area contributed by atoms with Crippen LogP contribution >= 0.6 is 0 Å². The van der Waals surface area contributed by atoms with Crippen molar-refractivity contribution in [1.82, 2.24) is 15.6 Å². The number of nitrogens with zero attached hydrogens (tertiary/aromatic N) is 1. The quantitative estimate of drug-likeness (QED) is 0.842. The first-order chi connectivity index (χ1) is 9.31. The van der Waals surface area contributed by atoms with E-state index >= 15 is 0 Å². The zero-order chi connectivity index (χ0) is 15.2. The number of halogens is 1. The normalized spacial score (nSPS) is 13.1. The zero-order valence-electron chi connectivity index (χ0n) is 12.7. The Kier molecular flexibility index (Phi) is 6.07. The second kappa shape index (κ2) is 7.33. The maximum atomic E-state index is 12.8. The average Bonchev–Trinajstić information content (AvgIpc) is 2.34. The summed E-state index contributed by atoms with van der Waals surface area (Å²) in [6.45, 7) is 8.46. The van der Waals surface area contributed by atoms with Crippen LogP contribution in [-0.2, 0) is 4.79 Å². The van der Waals surface area contributed by atoms with E-state index in [0.717, 1.165) is 12.1 Å². The van der Waals surface area contributed by atoms with Gasteiger partial charge in [-0.2, -0.15) is 0 Å². The second-order valence-corrected chi connectivity index (χ2v) is 5.86. The molecule has 5 heteroatoms. The third-order valence-electron chi connectivity index (χ3n) is 2.77. The highest BCUT2D eigenvalue weighted by Crippen LogP contribution is 2.13. The lowest BCUT2D eigenvalue weighted by molar-refractivity contribution is -0.122. The maximum Gasteiger partial charge on any atom is 0.221 e. The van der Waals surface area contributed by atoms with Crippen molar-refractivity contribution in [2.75, 3.05) is 6.54 Å². The summed E-state index contributed by atoms with van der Waals surface area (Å²) in [5, 5.41) is 6.19. The molecule has 0 saturated carbocycles. The number of aromatic nitrogens is 1. The highest BCUT2D eigenvalue weighted by molar-refractivity contribution is 5.76. The lowest BCUT2D eigenvalue weighted by atomic mass is 10.1. The van der Waals surface area contributed by atoms with Crippen molar-refractivity contribution >= 4 is 5.91 Å². The first-order valence-electron chi connectivity index (χ1n) is 6.97. The molecule has 2 N–H and O–H groups in total. The van der Waals surface area contributed by atoms with Gasteiger partial charge in [-0.15, -0.1) is 0 Å². The van der Waals surface area contributed by atoms with Crippen LogP contribution in [0.5, 0.6) is 0 Å². The Bertz CT molecular complexity index is 426. The van der Waals surface area contributed by atoms with Crippen LogP contribution in [0, 0.1) is 5.82 Å². The Morgan fingerprint density at radius 2 is 2.10 bits per heavy atom. The summed E-state index contributed by atoms with van der Waals surface area (Å²) in [4.78, 5) is 15.8. The molecule has 0 fully saturated rings. The van der Waals surface area contributed by atoms with Gasteiger partial charge in [0.25, 0.3) is 0 Å². The second-order valence-electron chi connectivity index (χ2n) is 5.86. The molecule has 1 aromatic heterocycles. The Labute approximate surface area is 120 Å². The lowest BCUT2D eigenvalue weighted by Crippen LogP contribution is -2.41. The van der Waals surface area contributed by atoms with Crippen LogP contribution in [0.2, 0.25) is 0 Å². The fourth-order valence-electron chi connectivity index (χ4n) is 1.89. The molecule has 1 amide bonds. The van der Waals surface area contributed by atoms with Crippen molar-refractivity contribution in [3.63, 3.8) is 0 Å². The molecular formula is C15H24FN3O. The molecule has 1 atom stereocenters. The summed E-state index contributed by atoms with van der Waals surface area (Å²) in [5.74, 6) is -0.319. The summed E-state index contributed by atoms with van der Waals surface area (Å²) in [7, 11) is 0. The van der Waals surface area contributed by atoms with Gasteiger partial charge in [0.2, 0.25) is 5.91 Å². The fraction of sp³-hybridized carbons (Fsp3) is 0.600. The number of carbonyl (C=O) groups excluding carboxylic acids is 1. The van der Waals surface area contributed by atoms with Gasteiger partial charge < -0.3 is 10.6 Å². The minimum absolute atomic E-state index is 0.0203. The number of carbonyl (C=O) groups is 1. The molecule has 1 unspecified atom stereocenters. The molecule has 0 spiro atoms. The van der Waals surface area contributed by atoms with Gasteiger partial charge in [0, 0.05) is 24.5 Å². The van der Waals surface area contributed by atoms with E-state index < -0.39 is 0 Å². The van der Waals surface area contributed by atoms with Crippen LogP contribution in [0.25, 0.3) is 0 Å². The molecular weight excluding hydrogens is 257 g/mol. The molecule has 0 aliphatic heterocycles. The largest absolute Gasteiger partial charge is 0.351 e. The van der Waals surface area contributed by atoms with Crippen molar-refractivity contribution in [2.45, 2.75) is 52.1 Å². The van der Waals surface area contributed by atoms with E-state index in [1.165, 1.54) is 12.3 Å².